The van der Waals surface area contributed by atoms with Crippen LogP contribution < -0.4 is 10.2 Å². The smallest absolute Gasteiger partial charge is 0.271 e. The fraction of sp³-hybridized carbons (Fsp3) is 0.0667. The number of halogens is 2. The lowest BCUT2D eigenvalue weighted by molar-refractivity contribution is -0.384. The van der Waals surface area contributed by atoms with Crippen LogP contribution >= 0.6 is 31.9 Å². The van der Waals surface area contributed by atoms with E-state index in [-0.39, 0.29) is 11.3 Å². The van der Waals surface area contributed by atoms with Gasteiger partial charge in [0.05, 0.1) is 22.7 Å². The maximum absolute atomic E-state index is 12.0. The lowest BCUT2D eigenvalue weighted by Gasteiger charge is -2.07. The van der Waals surface area contributed by atoms with Crippen molar-refractivity contribution in [3.63, 3.8) is 0 Å². The topological polar surface area (TPSA) is 93.8 Å². The maximum Gasteiger partial charge on any atom is 0.271 e. The second-order valence-electron chi connectivity index (χ2n) is 4.51. The number of methoxy groups -OCH3 is 1. The molecular weight excluding hydrogens is 446 g/mol. The molecule has 0 aliphatic heterocycles. The number of hydrogen-bond donors (Lipinski definition) is 1. The lowest BCUT2D eigenvalue weighted by atomic mass is 10.2. The van der Waals surface area contributed by atoms with Gasteiger partial charge in [-0.15, -0.1) is 0 Å². The summed E-state index contributed by atoms with van der Waals surface area (Å²) in [6.45, 7) is 0. The quantitative estimate of drug-likeness (QED) is 0.419. The van der Waals surface area contributed by atoms with E-state index in [1.165, 1.54) is 37.6 Å². The third-order valence-corrected chi connectivity index (χ3v) is 4.00. The van der Waals surface area contributed by atoms with Crippen molar-refractivity contribution in [1.82, 2.24) is 5.43 Å². The molecule has 0 saturated carbocycles. The van der Waals surface area contributed by atoms with Gasteiger partial charge in [0.2, 0.25) is 0 Å². The Balaban J connectivity index is 2.11. The Labute approximate surface area is 154 Å². The third-order valence-electron chi connectivity index (χ3n) is 2.95. The molecule has 2 rings (SSSR count). The second kappa shape index (κ2) is 8.02. The Kier molecular flexibility index (Phi) is 6.04. The van der Waals surface area contributed by atoms with Crippen molar-refractivity contribution in [2.24, 2.45) is 5.10 Å². The summed E-state index contributed by atoms with van der Waals surface area (Å²) >= 11 is 6.74. The Morgan fingerprint density at radius 1 is 1.29 bits per heavy atom. The van der Waals surface area contributed by atoms with E-state index in [4.69, 9.17) is 4.74 Å². The Bertz CT molecular complexity index is 807. The number of nitro benzene ring substituents is 1. The molecule has 1 N–H and O–H groups in total. The number of amides is 1. The van der Waals surface area contributed by atoms with Crippen LogP contribution in [-0.4, -0.2) is 24.2 Å². The molecule has 0 heterocycles. The molecule has 0 unspecified atom stereocenters. The van der Waals surface area contributed by atoms with Gasteiger partial charge >= 0.3 is 0 Å². The number of benzene rings is 2. The highest BCUT2D eigenvalue weighted by Crippen LogP contribution is 2.31. The summed E-state index contributed by atoms with van der Waals surface area (Å²) in [7, 11) is 1.53. The van der Waals surface area contributed by atoms with Crippen LogP contribution in [0.15, 0.2) is 50.4 Å². The SMILES string of the molecule is COc1c(Br)cc(Br)cc1/C=N\NC(=O)c1ccc([N+](=O)[O-])cc1. The molecule has 0 radical (unpaired) electrons. The van der Waals surface area contributed by atoms with Crippen LogP contribution in [0.1, 0.15) is 15.9 Å². The fourth-order valence-corrected chi connectivity index (χ4v) is 3.27. The van der Waals surface area contributed by atoms with E-state index >= 15 is 0 Å². The van der Waals surface area contributed by atoms with Gasteiger partial charge in [-0.2, -0.15) is 5.10 Å². The molecule has 124 valence electrons. The molecule has 0 aromatic heterocycles. The number of hydrogen-bond acceptors (Lipinski definition) is 5. The summed E-state index contributed by atoms with van der Waals surface area (Å²) in [6, 6.07) is 8.84. The number of hydrazone groups is 1. The van der Waals surface area contributed by atoms with Gasteiger partial charge in [0, 0.05) is 27.7 Å². The molecule has 24 heavy (non-hydrogen) atoms. The van der Waals surface area contributed by atoms with Crippen LogP contribution in [-0.2, 0) is 0 Å². The monoisotopic (exact) mass is 455 g/mol. The van der Waals surface area contributed by atoms with Gasteiger partial charge in [-0.05, 0) is 40.2 Å². The van der Waals surface area contributed by atoms with Crippen molar-refractivity contribution in [2.45, 2.75) is 0 Å². The van der Waals surface area contributed by atoms with Crippen molar-refractivity contribution in [3.05, 3.63) is 66.6 Å². The normalized spacial score (nSPS) is 10.6. The van der Waals surface area contributed by atoms with Crippen molar-refractivity contribution in [2.75, 3.05) is 7.11 Å². The van der Waals surface area contributed by atoms with Crippen LogP contribution in [0.4, 0.5) is 5.69 Å². The first-order valence-electron chi connectivity index (χ1n) is 6.53. The van der Waals surface area contributed by atoms with E-state index < -0.39 is 10.8 Å². The molecule has 9 heteroatoms. The fourth-order valence-electron chi connectivity index (χ4n) is 1.85. The number of ether oxygens (including phenoxy) is 1. The number of carbonyl (C=O) groups is 1. The molecule has 0 aliphatic carbocycles. The Hall–Kier alpha value is -2.26. The van der Waals surface area contributed by atoms with Gasteiger partial charge in [-0.25, -0.2) is 5.43 Å². The highest BCUT2D eigenvalue weighted by atomic mass is 79.9. The molecule has 1 amide bonds. The predicted octanol–water partition coefficient (Wildman–Crippen LogP) is 3.89. The summed E-state index contributed by atoms with van der Waals surface area (Å²) in [6.07, 6.45) is 1.44. The van der Waals surface area contributed by atoms with E-state index in [0.29, 0.717) is 11.3 Å². The minimum absolute atomic E-state index is 0.0845. The minimum atomic E-state index is -0.531. The Morgan fingerprint density at radius 3 is 2.54 bits per heavy atom. The van der Waals surface area contributed by atoms with Gasteiger partial charge in [0.15, 0.2) is 0 Å². The van der Waals surface area contributed by atoms with Crippen LogP contribution in [0, 0.1) is 10.1 Å². The summed E-state index contributed by atoms with van der Waals surface area (Å²) in [5.41, 5.74) is 3.20. The van der Waals surface area contributed by atoms with Crippen molar-refractivity contribution in [3.8, 4) is 5.75 Å². The van der Waals surface area contributed by atoms with E-state index in [1.54, 1.807) is 6.07 Å². The number of nitro groups is 1. The summed E-state index contributed by atoms with van der Waals surface area (Å²) in [4.78, 5) is 22.0. The first-order valence-corrected chi connectivity index (χ1v) is 8.12. The minimum Gasteiger partial charge on any atom is -0.495 e. The summed E-state index contributed by atoms with van der Waals surface area (Å²) < 4.78 is 6.83. The van der Waals surface area contributed by atoms with Gasteiger partial charge in [-0.3, -0.25) is 14.9 Å². The van der Waals surface area contributed by atoms with Crippen LogP contribution in [0.25, 0.3) is 0 Å². The number of carbonyl (C=O) groups excluding carboxylic acids is 1. The average molecular weight is 457 g/mol. The molecule has 2 aromatic rings. The van der Waals surface area contributed by atoms with Crippen molar-refractivity contribution < 1.29 is 14.5 Å². The second-order valence-corrected chi connectivity index (χ2v) is 6.28. The van der Waals surface area contributed by atoms with E-state index in [9.17, 15) is 14.9 Å². The molecule has 0 bridgehead atoms. The van der Waals surface area contributed by atoms with Crippen LogP contribution in [0.5, 0.6) is 5.75 Å². The largest absolute Gasteiger partial charge is 0.495 e. The predicted molar refractivity (Wildman–Crippen MR) is 96.6 cm³/mol. The maximum atomic E-state index is 12.0. The average Bonchev–Trinajstić information content (AvgIpc) is 2.54. The van der Waals surface area contributed by atoms with E-state index in [2.05, 4.69) is 42.4 Å². The highest BCUT2D eigenvalue weighted by molar-refractivity contribution is 9.11. The van der Waals surface area contributed by atoms with Gasteiger partial charge in [-0.1, -0.05) is 15.9 Å². The van der Waals surface area contributed by atoms with Gasteiger partial charge in [0.25, 0.3) is 11.6 Å². The van der Waals surface area contributed by atoms with Gasteiger partial charge < -0.3 is 4.74 Å². The van der Waals surface area contributed by atoms with Crippen molar-refractivity contribution >= 4 is 49.7 Å². The first kappa shape index (κ1) is 18.1. The standard InChI is InChI=1S/C15H11Br2N3O4/c1-24-14-10(6-11(16)7-13(14)17)8-18-19-15(21)9-2-4-12(5-3-9)20(22)23/h2-8H,1H3,(H,19,21)/b18-8-. The van der Waals surface area contributed by atoms with E-state index in [1.807, 2.05) is 6.07 Å². The number of nitrogens with one attached hydrogen (secondary N) is 1. The number of non-ortho nitro benzene ring substituents is 1. The zero-order valence-corrected chi connectivity index (χ0v) is 15.5. The summed E-state index contributed by atoms with van der Waals surface area (Å²) in [5, 5.41) is 14.5. The van der Waals surface area contributed by atoms with Gasteiger partial charge in [0.1, 0.15) is 5.75 Å². The molecule has 0 fully saturated rings. The lowest BCUT2D eigenvalue weighted by Crippen LogP contribution is -2.17. The number of nitrogens with zero attached hydrogens (tertiary/aromatic N) is 2. The van der Waals surface area contributed by atoms with Crippen LogP contribution in [0.2, 0.25) is 0 Å². The molecule has 0 aliphatic rings. The molecule has 2 aromatic carbocycles. The zero-order chi connectivity index (χ0) is 17.7. The third kappa shape index (κ3) is 4.39. The summed E-state index contributed by atoms with van der Waals surface area (Å²) in [5.74, 6) is 0.0979. The Morgan fingerprint density at radius 2 is 1.96 bits per heavy atom. The zero-order valence-electron chi connectivity index (χ0n) is 12.3. The molecule has 7 nitrogen and oxygen atoms in total. The molecule has 0 saturated heterocycles. The molecular formula is C15H11Br2N3O4. The van der Waals surface area contributed by atoms with E-state index in [0.717, 1.165) is 8.95 Å². The molecule has 0 atom stereocenters. The van der Waals surface area contributed by atoms with Crippen LogP contribution in [0.3, 0.4) is 0 Å². The highest BCUT2D eigenvalue weighted by Gasteiger charge is 2.10. The first-order chi connectivity index (χ1) is 11.4. The molecule has 0 spiro atoms. The number of rotatable bonds is 5. The van der Waals surface area contributed by atoms with Crippen molar-refractivity contribution in [1.29, 1.82) is 0 Å².